The lowest BCUT2D eigenvalue weighted by molar-refractivity contribution is 0.0938. The van der Waals surface area contributed by atoms with Gasteiger partial charge in [-0.15, -0.1) is 0 Å². The summed E-state index contributed by atoms with van der Waals surface area (Å²) in [5, 5.41) is 7.49. The summed E-state index contributed by atoms with van der Waals surface area (Å²) in [5.74, 6) is 0.870. The van der Waals surface area contributed by atoms with Crippen LogP contribution in [0, 0.1) is 19.7 Å². The van der Waals surface area contributed by atoms with Gasteiger partial charge in [-0.1, -0.05) is 6.07 Å². The predicted molar refractivity (Wildman–Crippen MR) is 106 cm³/mol. The Bertz CT molecular complexity index is 1060. The minimum absolute atomic E-state index is 0.212. The first-order valence-electron chi connectivity index (χ1n) is 9.46. The highest BCUT2D eigenvalue weighted by Crippen LogP contribution is 2.32. The lowest BCUT2D eigenvalue weighted by atomic mass is 10.1. The monoisotopic (exact) mass is 395 g/mol. The highest BCUT2D eigenvalue weighted by Gasteiger charge is 2.22. The number of halogens is 1. The molecule has 1 aliphatic rings. The number of aromatic nitrogens is 2. The lowest BCUT2D eigenvalue weighted by Gasteiger charge is -2.21. The number of amides is 1. The number of benzene rings is 2. The van der Waals surface area contributed by atoms with Crippen LogP contribution in [0.4, 0.5) is 4.39 Å². The van der Waals surface area contributed by atoms with Gasteiger partial charge in [0.1, 0.15) is 19.0 Å². The summed E-state index contributed by atoms with van der Waals surface area (Å²) in [6.45, 7) is 6.58. The molecule has 0 unspecified atom stereocenters. The SMILES string of the molecule is Cc1nn(-c2ccc(F)cc2)c(C)c1C(=O)N[C@@H](C)c1ccc2c(c1)OCCO2. The van der Waals surface area contributed by atoms with Gasteiger partial charge in [-0.3, -0.25) is 4.79 Å². The molecule has 0 radical (unpaired) electrons. The van der Waals surface area contributed by atoms with Gasteiger partial charge in [0.15, 0.2) is 11.5 Å². The molecule has 1 N–H and O–H groups in total. The summed E-state index contributed by atoms with van der Waals surface area (Å²) in [5.41, 5.74) is 3.44. The van der Waals surface area contributed by atoms with Gasteiger partial charge in [0.2, 0.25) is 0 Å². The summed E-state index contributed by atoms with van der Waals surface area (Å²) in [4.78, 5) is 13.0. The first-order valence-corrected chi connectivity index (χ1v) is 9.46. The average molecular weight is 395 g/mol. The summed E-state index contributed by atoms with van der Waals surface area (Å²) in [6.07, 6.45) is 0. The highest BCUT2D eigenvalue weighted by molar-refractivity contribution is 5.96. The van der Waals surface area contributed by atoms with Gasteiger partial charge in [0, 0.05) is 0 Å². The maximum atomic E-state index is 13.2. The van der Waals surface area contributed by atoms with Crippen molar-refractivity contribution in [1.82, 2.24) is 15.1 Å². The molecule has 1 atom stereocenters. The van der Waals surface area contributed by atoms with Gasteiger partial charge in [-0.05, 0) is 62.7 Å². The van der Waals surface area contributed by atoms with Gasteiger partial charge < -0.3 is 14.8 Å². The number of hydrogen-bond donors (Lipinski definition) is 1. The number of carbonyl (C=O) groups excluding carboxylic acids is 1. The number of carbonyl (C=O) groups is 1. The van der Waals surface area contributed by atoms with Crippen LogP contribution in [0.5, 0.6) is 11.5 Å². The van der Waals surface area contributed by atoms with E-state index in [-0.39, 0.29) is 17.8 Å². The molecule has 0 saturated carbocycles. The van der Waals surface area contributed by atoms with Crippen molar-refractivity contribution in [1.29, 1.82) is 0 Å². The Labute approximate surface area is 168 Å². The Morgan fingerprint density at radius 2 is 1.79 bits per heavy atom. The van der Waals surface area contributed by atoms with Gasteiger partial charge in [0.05, 0.1) is 28.7 Å². The largest absolute Gasteiger partial charge is 0.486 e. The smallest absolute Gasteiger partial charge is 0.255 e. The molecule has 0 saturated heterocycles. The van der Waals surface area contributed by atoms with Crippen molar-refractivity contribution in [2.45, 2.75) is 26.8 Å². The zero-order valence-corrected chi connectivity index (χ0v) is 16.5. The Morgan fingerprint density at radius 3 is 2.52 bits per heavy atom. The number of ether oxygens (including phenoxy) is 2. The third kappa shape index (κ3) is 3.68. The molecule has 29 heavy (non-hydrogen) atoms. The second-order valence-electron chi connectivity index (χ2n) is 7.03. The van der Waals surface area contributed by atoms with Crippen molar-refractivity contribution in [3.05, 3.63) is 70.8 Å². The van der Waals surface area contributed by atoms with Crippen molar-refractivity contribution < 1.29 is 18.7 Å². The maximum absolute atomic E-state index is 13.2. The molecule has 6 nitrogen and oxygen atoms in total. The molecular weight excluding hydrogens is 373 g/mol. The molecule has 3 aromatic rings. The average Bonchev–Trinajstić information content (AvgIpc) is 3.02. The quantitative estimate of drug-likeness (QED) is 0.728. The zero-order chi connectivity index (χ0) is 20.5. The fourth-order valence-corrected chi connectivity index (χ4v) is 3.49. The molecule has 2 aromatic carbocycles. The van der Waals surface area contributed by atoms with Gasteiger partial charge in [0.25, 0.3) is 5.91 Å². The van der Waals surface area contributed by atoms with Gasteiger partial charge >= 0.3 is 0 Å². The molecule has 1 aliphatic heterocycles. The van der Waals surface area contributed by atoms with E-state index in [1.54, 1.807) is 23.7 Å². The maximum Gasteiger partial charge on any atom is 0.255 e. The number of rotatable bonds is 4. The Balaban J connectivity index is 1.56. The summed E-state index contributed by atoms with van der Waals surface area (Å²) in [7, 11) is 0. The van der Waals surface area contributed by atoms with E-state index in [4.69, 9.17) is 9.47 Å². The summed E-state index contributed by atoms with van der Waals surface area (Å²) < 4.78 is 26.0. The first kappa shape index (κ1) is 19.0. The van der Waals surface area contributed by atoms with E-state index in [1.807, 2.05) is 32.0 Å². The summed E-state index contributed by atoms with van der Waals surface area (Å²) >= 11 is 0. The number of aryl methyl sites for hydroxylation is 1. The third-order valence-corrected chi connectivity index (χ3v) is 5.00. The van der Waals surface area contributed by atoms with Crippen LogP contribution in [0.2, 0.25) is 0 Å². The molecule has 0 bridgehead atoms. The van der Waals surface area contributed by atoms with E-state index in [9.17, 15) is 9.18 Å². The van der Waals surface area contributed by atoms with Gasteiger partial charge in [-0.2, -0.15) is 5.10 Å². The molecule has 7 heteroatoms. The van der Waals surface area contributed by atoms with E-state index < -0.39 is 0 Å². The minimum Gasteiger partial charge on any atom is -0.486 e. The molecule has 0 spiro atoms. The van der Waals surface area contributed by atoms with Crippen molar-refractivity contribution in [3.63, 3.8) is 0 Å². The first-order chi connectivity index (χ1) is 13.9. The van der Waals surface area contributed by atoms with Crippen molar-refractivity contribution in [3.8, 4) is 17.2 Å². The number of nitrogens with zero attached hydrogens (tertiary/aromatic N) is 2. The van der Waals surface area contributed by atoms with Crippen LogP contribution in [-0.4, -0.2) is 28.9 Å². The third-order valence-electron chi connectivity index (χ3n) is 5.00. The van der Waals surface area contributed by atoms with Crippen molar-refractivity contribution >= 4 is 5.91 Å². The molecule has 2 heterocycles. The topological polar surface area (TPSA) is 65.4 Å². The van der Waals surface area contributed by atoms with E-state index in [1.165, 1.54) is 12.1 Å². The molecular formula is C22H22FN3O3. The fourth-order valence-electron chi connectivity index (χ4n) is 3.49. The van der Waals surface area contributed by atoms with Crippen LogP contribution in [0.1, 0.15) is 40.3 Å². The second-order valence-corrected chi connectivity index (χ2v) is 7.03. The molecule has 150 valence electrons. The molecule has 0 aliphatic carbocycles. The second kappa shape index (κ2) is 7.58. The van der Waals surface area contributed by atoms with E-state index in [0.29, 0.717) is 47.4 Å². The lowest BCUT2D eigenvalue weighted by Crippen LogP contribution is -2.27. The molecule has 1 aromatic heterocycles. The van der Waals surface area contributed by atoms with Crippen molar-refractivity contribution in [2.75, 3.05) is 13.2 Å². The Hall–Kier alpha value is -3.35. The number of fused-ring (bicyclic) bond motifs is 1. The van der Waals surface area contributed by atoms with Crippen LogP contribution in [0.3, 0.4) is 0 Å². The predicted octanol–water partition coefficient (Wildman–Crippen LogP) is 3.89. The molecule has 0 fully saturated rings. The van der Waals surface area contributed by atoms with Crippen LogP contribution in [-0.2, 0) is 0 Å². The van der Waals surface area contributed by atoms with Crippen molar-refractivity contribution in [2.24, 2.45) is 0 Å². The standard InChI is InChI=1S/C22H22FN3O3/c1-13(16-4-9-19-20(12-16)29-11-10-28-19)24-22(27)21-14(2)25-26(15(21)3)18-7-5-17(23)6-8-18/h4-9,12-13H,10-11H2,1-3H3,(H,24,27)/t13-/m0/s1. The van der Waals surface area contributed by atoms with Gasteiger partial charge in [-0.25, -0.2) is 9.07 Å². The fraction of sp³-hybridized carbons (Fsp3) is 0.273. The van der Waals surface area contributed by atoms with Crippen LogP contribution in [0.25, 0.3) is 5.69 Å². The van der Waals surface area contributed by atoms with Crippen LogP contribution < -0.4 is 14.8 Å². The highest BCUT2D eigenvalue weighted by atomic mass is 19.1. The molecule has 1 amide bonds. The van der Waals surface area contributed by atoms with Crippen LogP contribution in [0.15, 0.2) is 42.5 Å². The van der Waals surface area contributed by atoms with E-state index >= 15 is 0 Å². The summed E-state index contributed by atoms with van der Waals surface area (Å²) in [6, 6.07) is 11.4. The zero-order valence-electron chi connectivity index (χ0n) is 16.5. The molecule has 4 rings (SSSR count). The Kier molecular flexibility index (Phi) is 4.96. The van der Waals surface area contributed by atoms with Crippen LogP contribution >= 0.6 is 0 Å². The van der Waals surface area contributed by atoms with E-state index in [0.717, 1.165) is 5.56 Å². The number of nitrogens with one attached hydrogen (secondary N) is 1. The number of hydrogen-bond acceptors (Lipinski definition) is 4. The Morgan fingerprint density at radius 1 is 1.10 bits per heavy atom. The normalized spacial score (nSPS) is 13.8. The minimum atomic E-state index is -0.318. The van der Waals surface area contributed by atoms with E-state index in [2.05, 4.69) is 10.4 Å².